The number of hydrogen-bond acceptors (Lipinski definition) is 2. The van der Waals surface area contributed by atoms with Crippen molar-refractivity contribution in [1.29, 1.82) is 0 Å². The first kappa shape index (κ1) is 10.8. The second kappa shape index (κ2) is 3.73. The predicted molar refractivity (Wildman–Crippen MR) is 66.5 cm³/mol. The van der Waals surface area contributed by atoms with Gasteiger partial charge in [0.25, 0.3) is 10.1 Å². The molecule has 0 unspecified atom stereocenters. The third-order valence-corrected chi connectivity index (χ3v) is 4.31. The Kier molecular flexibility index (Phi) is 2.70. The fraction of sp³-hybridized carbons (Fsp3) is 0. The van der Waals surface area contributed by atoms with Crippen LogP contribution < -0.4 is 0 Å². The van der Waals surface area contributed by atoms with Crippen molar-refractivity contribution >= 4 is 43.5 Å². The van der Waals surface area contributed by atoms with Gasteiger partial charge in [0, 0.05) is 8.96 Å². The van der Waals surface area contributed by atoms with Gasteiger partial charge in [-0.3, -0.25) is 4.55 Å². The van der Waals surface area contributed by atoms with Crippen molar-refractivity contribution in [3.8, 4) is 0 Å². The molecule has 0 aliphatic rings. The molecule has 0 bridgehead atoms. The molecule has 5 heteroatoms. The standard InChI is InChI=1S/C10H7IO3S/c11-9-6-5-7-3-1-2-4-8(7)10(9)15(12,13)14/h1-6H,(H,12,13,14). The van der Waals surface area contributed by atoms with Gasteiger partial charge in [-0.15, -0.1) is 0 Å². The number of benzene rings is 2. The van der Waals surface area contributed by atoms with E-state index in [0.717, 1.165) is 5.39 Å². The van der Waals surface area contributed by atoms with E-state index in [-0.39, 0.29) is 4.90 Å². The van der Waals surface area contributed by atoms with E-state index in [1.54, 1.807) is 24.3 Å². The molecule has 0 amide bonds. The SMILES string of the molecule is O=S(=O)(O)c1c(I)ccc2ccccc12. The highest BCUT2D eigenvalue weighted by molar-refractivity contribution is 14.1. The second-order valence-electron chi connectivity index (χ2n) is 3.07. The zero-order valence-corrected chi connectivity index (χ0v) is 10.5. The van der Waals surface area contributed by atoms with Crippen molar-refractivity contribution in [2.75, 3.05) is 0 Å². The minimum absolute atomic E-state index is 0.0128. The number of halogens is 1. The number of hydrogen-bond donors (Lipinski definition) is 1. The van der Waals surface area contributed by atoms with Crippen LogP contribution in [0.2, 0.25) is 0 Å². The quantitative estimate of drug-likeness (QED) is 0.644. The van der Waals surface area contributed by atoms with Gasteiger partial charge in [0.05, 0.1) is 0 Å². The lowest BCUT2D eigenvalue weighted by molar-refractivity contribution is 0.483. The van der Waals surface area contributed by atoms with Crippen molar-refractivity contribution in [2.24, 2.45) is 0 Å². The third-order valence-electron chi connectivity index (χ3n) is 2.09. The molecule has 1 N–H and O–H groups in total. The maximum absolute atomic E-state index is 11.2. The highest BCUT2D eigenvalue weighted by atomic mass is 127. The molecule has 3 nitrogen and oxygen atoms in total. The molecule has 0 saturated heterocycles. The Balaban J connectivity index is 2.99. The molecule has 15 heavy (non-hydrogen) atoms. The van der Waals surface area contributed by atoms with Crippen LogP contribution in [-0.2, 0) is 10.1 Å². The number of rotatable bonds is 1. The summed E-state index contributed by atoms with van der Waals surface area (Å²) in [5.41, 5.74) is 0. The summed E-state index contributed by atoms with van der Waals surface area (Å²) >= 11 is 1.89. The van der Waals surface area contributed by atoms with Crippen molar-refractivity contribution in [2.45, 2.75) is 4.90 Å². The Labute approximate surface area is 101 Å². The van der Waals surface area contributed by atoms with Gasteiger partial charge in [-0.1, -0.05) is 30.3 Å². The van der Waals surface area contributed by atoms with E-state index in [1.807, 2.05) is 34.7 Å². The summed E-state index contributed by atoms with van der Waals surface area (Å²) in [7, 11) is -4.17. The van der Waals surface area contributed by atoms with E-state index in [2.05, 4.69) is 0 Å². The zero-order valence-electron chi connectivity index (χ0n) is 7.51. The van der Waals surface area contributed by atoms with Crippen molar-refractivity contribution in [3.05, 3.63) is 40.0 Å². The van der Waals surface area contributed by atoms with Gasteiger partial charge >= 0.3 is 0 Å². The summed E-state index contributed by atoms with van der Waals surface area (Å²) in [5.74, 6) is 0. The molecule has 0 spiro atoms. The van der Waals surface area contributed by atoms with Gasteiger partial charge in [0.2, 0.25) is 0 Å². The van der Waals surface area contributed by atoms with Crippen LogP contribution in [0.25, 0.3) is 10.8 Å². The minimum atomic E-state index is -4.17. The van der Waals surface area contributed by atoms with Crippen LogP contribution in [0, 0.1) is 3.57 Å². The van der Waals surface area contributed by atoms with Crippen LogP contribution in [0.4, 0.5) is 0 Å². The Morgan fingerprint density at radius 3 is 2.40 bits per heavy atom. The van der Waals surface area contributed by atoms with Crippen LogP contribution in [-0.4, -0.2) is 13.0 Å². The van der Waals surface area contributed by atoms with Gasteiger partial charge in [-0.25, -0.2) is 0 Å². The van der Waals surface area contributed by atoms with Crippen LogP contribution >= 0.6 is 22.6 Å². The second-order valence-corrected chi connectivity index (χ2v) is 5.59. The van der Waals surface area contributed by atoms with Crippen molar-refractivity contribution in [1.82, 2.24) is 0 Å². The first-order valence-corrected chi connectivity index (χ1v) is 6.67. The lowest BCUT2D eigenvalue weighted by Crippen LogP contribution is -2.01. The first-order valence-electron chi connectivity index (χ1n) is 4.15. The van der Waals surface area contributed by atoms with Gasteiger partial charge in [-0.2, -0.15) is 8.42 Å². The molecule has 78 valence electrons. The van der Waals surface area contributed by atoms with Gasteiger partial charge in [0.1, 0.15) is 4.90 Å². The maximum Gasteiger partial charge on any atom is 0.296 e. The molecule has 0 atom stereocenters. The molecule has 2 aromatic rings. The molecule has 0 saturated carbocycles. The largest absolute Gasteiger partial charge is 0.296 e. The summed E-state index contributed by atoms with van der Waals surface area (Å²) in [5, 5.41) is 1.34. The molecule has 2 aromatic carbocycles. The average molecular weight is 334 g/mol. The highest BCUT2D eigenvalue weighted by Crippen LogP contribution is 2.27. The summed E-state index contributed by atoms with van der Waals surface area (Å²) in [4.78, 5) is -0.0128. The topological polar surface area (TPSA) is 54.4 Å². The summed E-state index contributed by atoms with van der Waals surface area (Å²) in [6, 6.07) is 10.6. The van der Waals surface area contributed by atoms with E-state index in [9.17, 15) is 8.42 Å². The predicted octanol–water partition coefficient (Wildman–Crippen LogP) is 2.69. The Morgan fingerprint density at radius 2 is 1.73 bits per heavy atom. The fourth-order valence-electron chi connectivity index (χ4n) is 1.48. The van der Waals surface area contributed by atoms with Gasteiger partial charge < -0.3 is 0 Å². The maximum atomic E-state index is 11.2. The van der Waals surface area contributed by atoms with Gasteiger partial charge in [-0.05, 0) is 34.0 Å². The first-order chi connectivity index (χ1) is 7.00. The van der Waals surface area contributed by atoms with E-state index in [0.29, 0.717) is 8.96 Å². The molecule has 0 aliphatic carbocycles. The molecule has 0 aliphatic heterocycles. The van der Waals surface area contributed by atoms with Crippen molar-refractivity contribution < 1.29 is 13.0 Å². The minimum Gasteiger partial charge on any atom is -0.282 e. The van der Waals surface area contributed by atoms with E-state index in [1.165, 1.54) is 0 Å². The molecule has 2 rings (SSSR count). The molecule has 0 fully saturated rings. The zero-order chi connectivity index (χ0) is 11.1. The van der Waals surface area contributed by atoms with Crippen molar-refractivity contribution in [3.63, 3.8) is 0 Å². The molecular weight excluding hydrogens is 327 g/mol. The van der Waals surface area contributed by atoms with Crippen LogP contribution in [0.1, 0.15) is 0 Å². The summed E-state index contributed by atoms with van der Waals surface area (Å²) in [6.07, 6.45) is 0. The van der Waals surface area contributed by atoms with E-state index in [4.69, 9.17) is 4.55 Å². The highest BCUT2D eigenvalue weighted by Gasteiger charge is 2.17. The van der Waals surface area contributed by atoms with Gasteiger partial charge in [0.15, 0.2) is 0 Å². The molecular formula is C10H7IO3S. The van der Waals surface area contributed by atoms with Crippen LogP contribution in [0.15, 0.2) is 41.3 Å². The monoisotopic (exact) mass is 334 g/mol. The molecule has 0 heterocycles. The fourth-order valence-corrected chi connectivity index (χ4v) is 3.56. The van der Waals surface area contributed by atoms with Crippen LogP contribution in [0.3, 0.4) is 0 Å². The average Bonchev–Trinajstić information content (AvgIpc) is 2.15. The lowest BCUT2D eigenvalue weighted by Gasteiger charge is -2.05. The Hall–Kier alpha value is -0.660. The molecule has 0 radical (unpaired) electrons. The Morgan fingerprint density at radius 1 is 1.07 bits per heavy atom. The van der Waals surface area contributed by atoms with E-state index >= 15 is 0 Å². The smallest absolute Gasteiger partial charge is 0.282 e. The molecule has 0 aromatic heterocycles. The van der Waals surface area contributed by atoms with E-state index < -0.39 is 10.1 Å². The normalized spacial score (nSPS) is 11.9. The van der Waals surface area contributed by atoms with Crippen LogP contribution in [0.5, 0.6) is 0 Å². The number of fused-ring (bicyclic) bond motifs is 1. The summed E-state index contributed by atoms with van der Waals surface area (Å²) in [6.45, 7) is 0. The summed E-state index contributed by atoms with van der Waals surface area (Å²) < 4.78 is 32.1. The third kappa shape index (κ3) is 1.99. The Bertz CT molecular complexity index is 620. The lowest BCUT2D eigenvalue weighted by atomic mass is 10.1.